The molecule has 0 aliphatic carbocycles. The normalized spacial score (nSPS) is 13.2. The van der Waals surface area contributed by atoms with Crippen LogP contribution in [-0.2, 0) is 0 Å². The van der Waals surface area contributed by atoms with Crippen LogP contribution in [0.2, 0.25) is 0 Å². The molecule has 3 aromatic carbocycles. The van der Waals surface area contributed by atoms with Gasteiger partial charge in [-0.1, -0.05) is 109 Å². The van der Waals surface area contributed by atoms with Crippen LogP contribution in [0.5, 0.6) is 0 Å². The maximum atomic E-state index is 2.29. The lowest BCUT2D eigenvalue weighted by atomic mass is 10.4. The zero-order valence-corrected chi connectivity index (χ0v) is 17.8. The van der Waals surface area contributed by atoms with Crippen LogP contribution in [0.1, 0.15) is 13.8 Å². The molecular weight excluding hydrogens is 362 g/mol. The second kappa shape index (κ2) is 10.4. The molecule has 0 saturated carbocycles. The molecule has 0 bridgehead atoms. The van der Waals surface area contributed by atoms with E-state index < -0.39 is 15.8 Å². The van der Waals surface area contributed by atoms with E-state index in [1.54, 1.807) is 0 Å². The Morgan fingerprint density at radius 2 is 1.11 bits per heavy atom. The van der Waals surface area contributed by atoms with Gasteiger partial charge in [-0.2, -0.15) is 0 Å². The van der Waals surface area contributed by atoms with Gasteiger partial charge in [-0.05, 0) is 50.9 Å². The average Bonchev–Trinajstić information content (AvgIpc) is 2.75. The van der Waals surface area contributed by atoms with Crippen molar-refractivity contribution in [2.45, 2.75) is 13.8 Å². The van der Waals surface area contributed by atoms with Gasteiger partial charge < -0.3 is 0 Å². The number of hydrogen-bond donors (Lipinski definition) is 0. The van der Waals surface area contributed by atoms with Crippen LogP contribution in [0, 0.1) is 0 Å². The quantitative estimate of drug-likeness (QED) is 0.326. The van der Waals surface area contributed by atoms with Crippen molar-refractivity contribution < 1.29 is 0 Å². The first-order chi connectivity index (χ1) is 13.3. The summed E-state index contributed by atoms with van der Waals surface area (Å²) in [6.07, 6.45) is 6.76. The number of allylic oxidation sites excluding steroid dienone is 4. The summed E-state index contributed by atoms with van der Waals surface area (Å²) in [5, 5.41) is 5.83. The third-order valence-electron chi connectivity index (χ3n) is 4.43. The highest BCUT2D eigenvalue weighted by Gasteiger charge is 2.22. The van der Waals surface area contributed by atoms with E-state index in [1.807, 2.05) is 0 Å². The molecule has 0 aliphatic rings. The van der Waals surface area contributed by atoms with Crippen molar-refractivity contribution in [2.75, 3.05) is 5.90 Å². The van der Waals surface area contributed by atoms with Crippen molar-refractivity contribution in [1.29, 1.82) is 0 Å². The molecule has 3 rings (SSSR count). The molecule has 1 atom stereocenters. The highest BCUT2D eigenvalue weighted by molar-refractivity contribution is 7.87. The molecule has 2 heteroatoms. The minimum atomic E-state index is -0.409. The third-order valence-corrected chi connectivity index (χ3v) is 10.5. The van der Waals surface area contributed by atoms with Gasteiger partial charge in [0.15, 0.2) is 0 Å². The summed E-state index contributed by atoms with van der Waals surface area (Å²) in [4.78, 5) is 0. The molecule has 0 amide bonds. The second-order valence-corrected chi connectivity index (χ2v) is 11.1. The summed E-state index contributed by atoms with van der Waals surface area (Å²) in [6, 6.07) is 33.1. The molecule has 0 nitrogen and oxygen atoms in total. The van der Waals surface area contributed by atoms with Gasteiger partial charge in [0.05, 0.1) is 0 Å². The maximum absolute atomic E-state index is 2.29. The van der Waals surface area contributed by atoms with Crippen LogP contribution in [0.15, 0.2) is 115 Å². The number of rotatable bonds is 7. The first-order valence-corrected chi connectivity index (χ1v) is 12.4. The topological polar surface area (TPSA) is 0 Å². The molecule has 0 heterocycles. The molecule has 0 spiro atoms. The van der Waals surface area contributed by atoms with E-state index in [1.165, 1.54) is 27.1 Å². The molecule has 136 valence electrons. The van der Waals surface area contributed by atoms with Gasteiger partial charge in [-0.25, -0.2) is 0 Å². The Balaban J connectivity index is 2.05. The summed E-state index contributed by atoms with van der Waals surface area (Å²) in [6.45, 7) is 4.28. The predicted molar refractivity (Wildman–Crippen MR) is 126 cm³/mol. The lowest BCUT2D eigenvalue weighted by Crippen LogP contribution is -2.16. The zero-order valence-electron chi connectivity index (χ0n) is 16.0. The minimum absolute atomic E-state index is 0.409. The Kier molecular flexibility index (Phi) is 7.58. The van der Waals surface area contributed by atoms with Crippen molar-refractivity contribution in [2.24, 2.45) is 0 Å². The van der Waals surface area contributed by atoms with Crippen molar-refractivity contribution in [3.8, 4) is 0 Å². The van der Waals surface area contributed by atoms with Gasteiger partial charge in [0.2, 0.25) is 0 Å². The Hall–Kier alpha value is -2.00. The molecule has 0 fully saturated rings. The number of benzene rings is 3. The Bertz CT molecular complexity index is 828. The summed E-state index contributed by atoms with van der Waals surface area (Å²) < 4.78 is 0. The highest BCUT2D eigenvalue weighted by atomic mass is 31.2. The molecule has 0 saturated heterocycles. The van der Waals surface area contributed by atoms with Crippen LogP contribution < -0.4 is 15.9 Å². The fourth-order valence-corrected chi connectivity index (χ4v) is 9.68. The highest BCUT2D eigenvalue weighted by Crippen LogP contribution is 2.54. The summed E-state index contributed by atoms with van der Waals surface area (Å²) >= 11 is 0. The monoisotopic (exact) mass is 388 g/mol. The van der Waals surface area contributed by atoms with Crippen LogP contribution in [0.4, 0.5) is 0 Å². The fraction of sp³-hybridized carbons (Fsp3) is 0.120. The van der Waals surface area contributed by atoms with E-state index in [4.69, 9.17) is 0 Å². The first-order valence-electron chi connectivity index (χ1n) is 9.32. The van der Waals surface area contributed by atoms with E-state index in [-0.39, 0.29) is 0 Å². The molecular formula is C25H26P2. The predicted octanol–water partition coefficient (Wildman–Crippen LogP) is 6.36. The van der Waals surface area contributed by atoms with Crippen LogP contribution >= 0.6 is 15.8 Å². The van der Waals surface area contributed by atoms with Crippen LogP contribution in [0.25, 0.3) is 0 Å². The van der Waals surface area contributed by atoms with Crippen molar-refractivity contribution in [3.05, 3.63) is 115 Å². The summed E-state index contributed by atoms with van der Waals surface area (Å²) in [5.74, 6) is 1.17. The van der Waals surface area contributed by atoms with Gasteiger partial charge in [0, 0.05) is 5.90 Å². The van der Waals surface area contributed by atoms with Crippen molar-refractivity contribution >= 4 is 31.8 Å². The zero-order chi connectivity index (χ0) is 18.9. The molecule has 1 unspecified atom stereocenters. The van der Waals surface area contributed by atoms with E-state index in [9.17, 15) is 0 Å². The lowest BCUT2D eigenvalue weighted by molar-refractivity contribution is 1.64. The van der Waals surface area contributed by atoms with Gasteiger partial charge in [0.1, 0.15) is 0 Å². The van der Waals surface area contributed by atoms with Gasteiger partial charge in [-0.3, -0.25) is 0 Å². The molecule has 27 heavy (non-hydrogen) atoms. The number of hydrogen-bond acceptors (Lipinski definition) is 0. The van der Waals surface area contributed by atoms with Crippen LogP contribution in [-0.4, -0.2) is 5.90 Å². The standard InChI is InChI=1S/C25H26P2/c1-3-14-22(4-2)26(23-15-8-5-9-16-23)21-27(24-17-10-6-11-18-24)25-19-12-7-13-20-25/h3-20H,21H2,1-2H3/b14-3-,22-4+. The first kappa shape index (κ1) is 19.8. The molecule has 0 aliphatic heterocycles. The molecule has 0 radical (unpaired) electrons. The summed E-state index contributed by atoms with van der Waals surface area (Å²) in [5.41, 5.74) is 0. The Labute approximate surface area is 166 Å². The smallest absolute Gasteiger partial charge is 0.00404 e. The SMILES string of the molecule is C/C=C\C(=C/C)P(CP(c1ccccc1)c1ccccc1)c1ccccc1. The maximum Gasteiger partial charge on any atom is 0.00404 e. The Morgan fingerprint density at radius 3 is 1.52 bits per heavy atom. The van der Waals surface area contributed by atoms with E-state index in [0.29, 0.717) is 0 Å². The molecule has 3 aromatic rings. The molecule has 0 aromatic heterocycles. The van der Waals surface area contributed by atoms with Gasteiger partial charge in [-0.15, -0.1) is 0 Å². The largest absolute Gasteiger partial charge is 0.0870 e. The van der Waals surface area contributed by atoms with Crippen molar-refractivity contribution in [1.82, 2.24) is 0 Å². The van der Waals surface area contributed by atoms with E-state index >= 15 is 0 Å². The van der Waals surface area contributed by atoms with E-state index in [0.717, 1.165) is 0 Å². The van der Waals surface area contributed by atoms with Crippen LogP contribution in [0.3, 0.4) is 0 Å². The van der Waals surface area contributed by atoms with Gasteiger partial charge >= 0.3 is 0 Å². The fourth-order valence-electron chi connectivity index (χ4n) is 3.10. The molecule has 0 N–H and O–H groups in total. The Morgan fingerprint density at radius 1 is 0.667 bits per heavy atom. The second-order valence-electron chi connectivity index (χ2n) is 6.22. The third kappa shape index (κ3) is 5.26. The van der Waals surface area contributed by atoms with Gasteiger partial charge in [0.25, 0.3) is 0 Å². The van der Waals surface area contributed by atoms with E-state index in [2.05, 4.69) is 123 Å². The minimum Gasteiger partial charge on any atom is -0.0870 e. The van der Waals surface area contributed by atoms with Crippen molar-refractivity contribution in [3.63, 3.8) is 0 Å². The lowest BCUT2D eigenvalue weighted by Gasteiger charge is -2.27. The average molecular weight is 388 g/mol. The summed E-state index contributed by atoms with van der Waals surface area (Å²) in [7, 11) is -0.817.